The van der Waals surface area contributed by atoms with E-state index >= 15 is 0 Å². The van der Waals surface area contributed by atoms with E-state index in [0.29, 0.717) is 29.2 Å². The summed E-state index contributed by atoms with van der Waals surface area (Å²) in [5, 5.41) is 10.1. The maximum absolute atomic E-state index is 13.4. The number of carboxylic acid groups (broad SMARTS) is 1. The van der Waals surface area contributed by atoms with E-state index in [2.05, 4.69) is 4.72 Å². The minimum absolute atomic E-state index is 0.0942. The van der Waals surface area contributed by atoms with Gasteiger partial charge in [0.1, 0.15) is 11.9 Å². The van der Waals surface area contributed by atoms with Crippen LogP contribution in [0.2, 0.25) is 5.02 Å². The average Bonchev–Trinajstić information content (AvgIpc) is 3.25. The predicted octanol–water partition coefficient (Wildman–Crippen LogP) is 4.25. The molecule has 3 aromatic rings. The number of halogens is 2. The molecule has 0 radical (unpaired) electrons. The van der Waals surface area contributed by atoms with Crippen LogP contribution >= 0.6 is 11.6 Å². The number of hydrogen-bond donors (Lipinski definition) is 2. The maximum Gasteiger partial charge on any atom is 0.321 e. The lowest BCUT2D eigenvalue weighted by Gasteiger charge is -2.19. The summed E-state index contributed by atoms with van der Waals surface area (Å²) in [7, 11) is -4.15. The molecule has 3 aromatic carbocycles. The van der Waals surface area contributed by atoms with E-state index in [1.54, 1.807) is 36.4 Å². The molecule has 10 heteroatoms. The normalized spacial score (nSPS) is 13.9. The summed E-state index contributed by atoms with van der Waals surface area (Å²) in [6.07, 6.45) is 0.0783. The molecular weight excluding hydrogens is 495 g/mol. The van der Waals surface area contributed by atoms with Gasteiger partial charge in [0.25, 0.3) is 0 Å². The molecule has 0 fully saturated rings. The summed E-state index contributed by atoms with van der Waals surface area (Å²) in [5.74, 6) is -2.13. The van der Waals surface area contributed by atoms with E-state index in [9.17, 15) is 27.5 Å². The Morgan fingerprint density at radius 3 is 2.29 bits per heavy atom. The molecule has 7 nitrogen and oxygen atoms in total. The van der Waals surface area contributed by atoms with Crippen molar-refractivity contribution in [2.24, 2.45) is 0 Å². The van der Waals surface area contributed by atoms with Crippen molar-refractivity contribution in [2.45, 2.75) is 30.2 Å². The Kier molecular flexibility index (Phi) is 7.20. The fourth-order valence-corrected chi connectivity index (χ4v) is 5.34. The van der Waals surface area contributed by atoms with Gasteiger partial charge in [0.15, 0.2) is 0 Å². The van der Waals surface area contributed by atoms with Gasteiger partial charge in [0.05, 0.1) is 4.90 Å². The Labute approximate surface area is 207 Å². The lowest BCUT2D eigenvalue weighted by atomic mass is 10.1. The summed E-state index contributed by atoms with van der Waals surface area (Å²) in [6, 6.07) is 15.7. The number of amides is 1. The zero-order chi connectivity index (χ0) is 25.2. The topological polar surface area (TPSA) is 104 Å². The number of benzene rings is 3. The fraction of sp³-hybridized carbons (Fsp3) is 0.200. The molecule has 1 unspecified atom stereocenters. The van der Waals surface area contributed by atoms with Gasteiger partial charge in [-0.25, -0.2) is 12.8 Å². The SMILES string of the molecule is O=C(O)C(CCC(=O)N1CCc2cc(F)ccc21)NS(=O)(=O)c1ccc(-c2ccc(Cl)cc2)cc1. The summed E-state index contributed by atoms with van der Waals surface area (Å²) in [6.45, 7) is 0.362. The number of nitrogens with one attached hydrogen (secondary N) is 1. The third-order valence-electron chi connectivity index (χ3n) is 5.82. The van der Waals surface area contributed by atoms with Gasteiger partial charge in [-0.05, 0) is 72.0 Å². The van der Waals surface area contributed by atoms with Gasteiger partial charge in [-0.3, -0.25) is 9.59 Å². The van der Waals surface area contributed by atoms with Gasteiger partial charge in [0, 0.05) is 23.7 Å². The molecule has 1 aliphatic rings. The molecule has 0 saturated heterocycles. The number of sulfonamides is 1. The molecule has 0 aliphatic carbocycles. The first-order chi connectivity index (χ1) is 16.6. The molecule has 1 heterocycles. The highest BCUT2D eigenvalue weighted by molar-refractivity contribution is 7.89. The molecule has 4 rings (SSSR count). The van der Waals surface area contributed by atoms with Crippen molar-refractivity contribution in [1.82, 2.24) is 4.72 Å². The maximum atomic E-state index is 13.4. The van der Waals surface area contributed by atoms with Crippen molar-refractivity contribution in [3.05, 3.63) is 83.1 Å². The summed E-state index contributed by atoms with van der Waals surface area (Å²) < 4.78 is 41.2. The van der Waals surface area contributed by atoms with Crippen LogP contribution in [0.3, 0.4) is 0 Å². The van der Waals surface area contributed by atoms with Gasteiger partial charge in [0.2, 0.25) is 15.9 Å². The van der Waals surface area contributed by atoms with E-state index in [1.807, 2.05) is 0 Å². The predicted molar refractivity (Wildman–Crippen MR) is 130 cm³/mol. The van der Waals surface area contributed by atoms with Crippen molar-refractivity contribution >= 4 is 39.2 Å². The number of nitrogens with zero attached hydrogens (tertiary/aromatic N) is 1. The van der Waals surface area contributed by atoms with E-state index < -0.39 is 22.0 Å². The number of carbonyl (C=O) groups excluding carboxylic acids is 1. The summed E-state index contributed by atoms with van der Waals surface area (Å²) in [5.41, 5.74) is 2.91. The van der Waals surface area contributed by atoms with Gasteiger partial charge < -0.3 is 10.0 Å². The first-order valence-electron chi connectivity index (χ1n) is 10.8. The highest BCUT2D eigenvalue weighted by Gasteiger charge is 2.29. The number of fused-ring (bicyclic) bond motifs is 1. The Morgan fingerprint density at radius 2 is 1.66 bits per heavy atom. The summed E-state index contributed by atoms with van der Waals surface area (Å²) in [4.78, 5) is 25.8. The Bertz CT molecular complexity index is 1360. The van der Waals surface area contributed by atoms with Crippen molar-refractivity contribution in [2.75, 3.05) is 11.4 Å². The number of aliphatic carboxylic acids is 1. The quantitative estimate of drug-likeness (QED) is 0.466. The minimum atomic E-state index is -4.15. The standard InChI is InChI=1S/C25H22ClFN2O5S/c26-19-5-1-16(2-6-19)17-3-8-21(9-4-17)35(33,34)28-22(25(31)32)10-12-24(30)29-14-13-18-15-20(27)7-11-23(18)29/h1-9,11,15,22,28H,10,12-14H2,(H,31,32). The number of anilines is 1. The largest absolute Gasteiger partial charge is 0.480 e. The molecule has 0 bridgehead atoms. The van der Waals surface area contributed by atoms with Gasteiger partial charge in [-0.2, -0.15) is 4.72 Å². The van der Waals surface area contributed by atoms with Crippen LogP contribution in [0.25, 0.3) is 11.1 Å². The van der Waals surface area contributed by atoms with Crippen LogP contribution in [-0.4, -0.2) is 38.0 Å². The van der Waals surface area contributed by atoms with Crippen LogP contribution in [0.15, 0.2) is 71.6 Å². The van der Waals surface area contributed by atoms with Crippen LogP contribution in [0.4, 0.5) is 10.1 Å². The Morgan fingerprint density at radius 1 is 1.03 bits per heavy atom. The molecule has 182 valence electrons. The van der Waals surface area contributed by atoms with E-state index in [0.717, 1.165) is 11.1 Å². The molecule has 2 N–H and O–H groups in total. The van der Waals surface area contributed by atoms with E-state index in [1.165, 1.54) is 35.2 Å². The second-order valence-electron chi connectivity index (χ2n) is 8.15. The molecular formula is C25H22ClFN2O5S. The lowest BCUT2D eigenvalue weighted by Crippen LogP contribution is -2.41. The monoisotopic (exact) mass is 516 g/mol. The molecule has 1 amide bonds. The molecule has 1 aliphatic heterocycles. The lowest BCUT2D eigenvalue weighted by molar-refractivity contribution is -0.139. The number of carboxylic acids is 1. The van der Waals surface area contributed by atoms with Crippen LogP contribution in [0.5, 0.6) is 0 Å². The van der Waals surface area contributed by atoms with Gasteiger partial charge in [-0.15, -0.1) is 0 Å². The second-order valence-corrected chi connectivity index (χ2v) is 10.3. The number of hydrogen-bond acceptors (Lipinski definition) is 4. The van der Waals surface area contributed by atoms with Crippen molar-refractivity contribution in [3.8, 4) is 11.1 Å². The van der Waals surface area contributed by atoms with Crippen LogP contribution < -0.4 is 9.62 Å². The highest BCUT2D eigenvalue weighted by Crippen LogP contribution is 2.29. The van der Waals surface area contributed by atoms with E-state index in [4.69, 9.17) is 11.6 Å². The van der Waals surface area contributed by atoms with Gasteiger partial charge in [-0.1, -0.05) is 35.9 Å². The fourth-order valence-electron chi connectivity index (χ4n) is 3.99. The minimum Gasteiger partial charge on any atom is -0.480 e. The van der Waals surface area contributed by atoms with Crippen molar-refractivity contribution in [1.29, 1.82) is 0 Å². The number of carbonyl (C=O) groups is 2. The Balaban J connectivity index is 1.42. The molecule has 0 saturated carbocycles. The third-order valence-corrected chi connectivity index (χ3v) is 7.56. The van der Waals surface area contributed by atoms with E-state index in [-0.39, 0.29) is 29.5 Å². The first-order valence-corrected chi connectivity index (χ1v) is 12.7. The Hall–Kier alpha value is -3.27. The molecule has 0 aromatic heterocycles. The second kappa shape index (κ2) is 10.2. The zero-order valence-corrected chi connectivity index (χ0v) is 20.0. The number of rotatable bonds is 8. The third kappa shape index (κ3) is 5.70. The zero-order valence-electron chi connectivity index (χ0n) is 18.4. The first kappa shape index (κ1) is 24.8. The molecule has 1 atom stereocenters. The highest BCUT2D eigenvalue weighted by atomic mass is 35.5. The smallest absolute Gasteiger partial charge is 0.321 e. The van der Waals surface area contributed by atoms with Crippen molar-refractivity contribution in [3.63, 3.8) is 0 Å². The van der Waals surface area contributed by atoms with Crippen LogP contribution in [0, 0.1) is 5.82 Å². The molecule has 35 heavy (non-hydrogen) atoms. The summed E-state index contributed by atoms with van der Waals surface area (Å²) >= 11 is 5.90. The van der Waals surface area contributed by atoms with Gasteiger partial charge >= 0.3 is 5.97 Å². The molecule has 0 spiro atoms. The van der Waals surface area contributed by atoms with Crippen LogP contribution in [0.1, 0.15) is 18.4 Å². The average molecular weight is 517 g/mol. The van der Waals surface area contributed by atoms with Crippen LogP contribution in [-0.2, 0) is 26.0 Å². The van der Waals surface area contributed by atoms with Crippen molar-refractivity contribution < 1.29 is 27.5 Å².